The molecule has 1 fully saturated rings. The van der Waals surface area contributed by atoms with Crippen LogP contribution in [0.3, 0.4) is 0 Å². The lowest BCUT2D eigenvalue weighted by Crippen LogP contribution is -2.64. The number of likely N-dealkylation sites (N-methyl/N-ethyl adjacent to an activating group) is 1. The zero-order valence-corrected chi connectivity index (χ0v) is 12.9. The molecule has 1 spiro atoms. The van der Waals surface area contributed by atoms with E-state index in [9.17, 15) is 15.3 Å². The summed E-state index contributed by atoms with van der Waals surface area (Å²) in [6, 6.07) is 0.253. The molecular weight excluding hydrogens is 296 g/mol. The SMILES string of the molecule is CN1CC[C@]23c4c5c(N)c(O)c(O)c4O[C@H]2[C@@H](O)C=C[C@H]3[C@H]1C5. The van der Waals surface area contributed by atoms with E-state index in [2.05, 4.69) is 18.0 Å². The fourth-order valence-electron chi connectivity index (χ4n) is 5.40. The minimum Gasteiger partial charge on any atom is -0.503 e. The van der Waals surface area contributed by atoms with Crippen molar-refractivity contribution in [1.29, 1.82) is 0 Å². The number of hydrogen-bond donors (Lipinski definition) is 4. The highest BCUT2D eigenvalue weighted by molar-refractivity contribution is 5.77. The van der Waals surface area contributed by atoms with Crippen molar-refractivity contribution in [1.82, 2.24) is 4.90 Å². The Labute approximate surface area is 133 Å². The van der Waals surface area contributed by atoms with Gasteiger partial charge in [-0.2, -0.15) is 0 Å². The van der Waals surface area contributed by atoms with Gasteiger partial charge in [-0.15, -0.1) is 0 Å². The Morgan fingerprint density at radius 1 is 1.30 bits per heavy atom. The van der Waals surface area contributed by atoms with Crippen LogP contribution in [0.4, 0.5) is 5.69 Å². The molecule has 1 saturated heterocycles. The number of ether oxygens (including phenoxy) is 1. The minimum absolute atomic E-state index is 0.215. The number of aromatic hydroxyl groups is 2. The minimum atomic E-state index is -0.726. The highest BCUT2D eigenvalue weighted by Gasteiger charge is 2.64. The average Bonchev–Trinajstić information content (AvgIpc) is 2.88. The maximum absolute atomic E-state index is 10.5. The molecule has 2 bridgehead atoms. The van der Waals surface area contributed by atoms with Gasteiger partial charge in [-0.1, -0.05) is 12.2 Å². The van der Waals surface area contributed by atoms with E-state index in [0.717, 1.165) is 24.1 Å². The van der Waals surface area contributed by atoms with Crippen molar-refractivity contribution in [2.24, 2.45) is 5.92 Å². The van der Waals surface area contributed by atoms with Crippen LogP contribution in [0.5, 0.6) is 17.2 Å². The first-order valence-corrected chi connectivity index (χ1v) is 8.06. The van der Waals surface area contributed by atoms with Crippen molar-refractivity contribution in [3.63, 3.8) is 0 Å². The number of phenols is 2. The van der Waals surface area contributed by atoms with E-state index in [1.54, 1.807) is 6.08 Å². The summed E-state index contributed by atoms with van der Waals surface area (Å²) in [5.74, 6) is -0.0806. The summed E-state index contributed by atoms with van der Waals surface area (Å²) >= 11 is 0. The normalized spacial score (nSPS) is 39.9. The number of benzene rings is 1. The van der Waals surface area contributed by atoms with E-state index in [1.165, 1.54) is 0 Å². The molecule has 2 aliphatic heterocycles. The van der Waals surface area contributed by atoms with Gasteiger partial charge < -0.3 is 30.7 Å². The molecule has 0 unspecified atom stereocenters. The molecule has 1 aromatic carbocycles. The fraction of sp³-hybridized carbons (Fsp3) is 0.529. The molecule has 2 aliphatic carbocycles. The van der Waals surface area contributed by atoms with Crippen molar-refractivity contribution in [2.45, 2.75) is 36.5 Å². The van der Waals surface area contributed by atoms with Crippen LogP contribution in [0.1, 0.15) is 17.5 Å². The Hall–Kier alpha value is -1.92. The first kappa shape index (κ1) is 13.5. The molecule has 5 N–H and O–H groups in total. The summed E-state index contributed by atoms with van der Waals surface area (Å²) in [6.45, 7) is 0.905. The predicted octanol–water partition coefficient (Wildman–Crippen LogP) is 0.486. The molecule has 6 heteroatoms. The van der Waals surface area contributed by atoms with Crippen LogP contribution in [0.25, 0.3) is 0 Å². The maximum atomic E-state index is 10.5. The third kappa shape index (κ3) is 1.30. The van der Waals surface area contributed by atoms with Gasteiger partial charge in [0.2, 0.25) is 5.75 Å². The fourth-order valence-corrected chi connectivity index (χ4v) is 5.40. The van der Waals surface area contributed by atoms with Gasteiger partial charge in [0, 0.05) is 22.9 Å². The summed E-state index contributed by atoms with van der Waals surface area (Å²) in [6.07, 6.45) is 4.29. The van der Waals surface area contributed by atoms with Crippen molar-refractivity contribution in [3.05, 3.63) is 23.3 Å². The van der Waals surface area contributed by atoms with Gasteiger partial charge in [0.25, 0.3) is 0 Å². The van der Waals surface area contributed by atoms with Gasteiger partial charge in [0.05, 0.1) is 5.69 Å². The molecule has 23 heavy (non-hydrogen) atoms. The van der Waals surface area contributed by atoms with E-state index in [0.29, 0.717) is 12.2 Å². The van der Waals surface area contributed by atoms with Gasteiger partial charge in [-0.3, -0.25) is 0 Å². The van der Waals surface area contributed by atoms with Gasteiger partial charge in [-0.05, 0) is 32.0 Å². The maximum Gasteiger partial charge on any atom is 0.203 e. The zero-order chi connectivity index (χ0) is 16.1. The van der Waals surface area contributed by atoms with Crippen LogP contribution in [0, 0.1) is 5.92 Å². The third-order valence-electron chi connectivity index (χ3n) is 6.46. The van der Waals surface area contributed by atoms with Crippen LogP contribution in [-0.2, 0) is 11.8 Å². The van der Waals surface area contributed by atoms with Gasteiger partial charge in [-0.25, -0.2) is 0 Å². The quantitative estimate of drug-likeness (QED) is 0.316. The summed E-state index contributed by atoms with van der Waals surface area (Å²) in [4.78, 5) is 2.32. The van der Waals surface area contributed by atoms with Gasteiger partial charge in [0.15, 0.2) is 11.5 Å². The number of phenolic OH excluding ortho intramolecular Hbond substituents is 2. The molecular formula is C17H20N2O4. The second kappa shape index (κ2) is 3.94. The Morgan fingerprint density at radius 2 is 2.09 bits per heavy atom. The van der Waals surface area contributed by atoms with E-state index in [1.807, 2.05) is 0 Å². The number of aliphatic hydroxyl groups is 1. The van der Waals surface area contributed by atoms with Crippen LogP contribution < -0.4 is 10.5 Å². The predicted molar refractivity (Wildman–Crippen MR) is 83.7 cm³/mol. The summed E-state index contributed by atoms with van der Waals surface area (Å²) in [5.41, 5.74) is 7.78. The molecule has 5 atom stereocenters. The van der Waals surface area contributed by atoms with Crippen LogP contribution >= 0.6 is 0 Å². The largest absolute Gasteiger partial charge is 0.503 e. The number of rotatable bonds is 0. The van der Waals surface area contributed by atoms with E-state index in [-0.39, 0.29) is 34.6 Å². The van der Waals surface area contributed by atoms with E-state index < -0.39 is 12.2 Å². The number of nitrogens with two attached hydrogens (primary N) is 1. The molecule has 0 radical (unpaired) electrons. The van der Waals surface area contributed by atoms with Gasteiger partial charge in [0.1, 0.15) is 12.2 Å². The second-order valence-corrected chi connectivity index (χ2v) is 7.28. The van der Waals surface area contributed by atoms with E-state index in [4.69, 9.17) is 10.5 Å². The highest BCUT2D eigenvalue weighted by atomic mass is 16.5. The first-order chi connectivity index (χ1) is 11.0. The Morgan fingerprint density at radius 3 is 2.87 bits per heavy atom. The van der Waals surface area contributed by atoms with Crippen LogP contribution in [0.15, 0.2) is 12.2 Å². The smallest absolute Gasteiger partial charge is 0.203 e. The molecule has 4 aliphatic rings. The summed E-state index contributed by atoms with van der Waals surface area (Å²) in [7, 11) is 2.10. The number of anilines is 1. The molecule has 122 valence electrons. The summed E-state index contributed by atoms with van der Waals surface area (Å²) in [5, 5.41) is 31.0. The zero-order valence-electron chi connectivity index (χ0n) is 12.9. The number of nitrogen functional groups attached to an aromatic ring is 1. The van der Waals surface area contributed by atoms with Crippen LogP contribution in [0.2, 0.25) is 0 Å². The molecule has 0 aromatic heterocycles. The number of hydrogen-bond acceptors (Lipinski definition) is 6. The lowest BCUT2D eigenvalue weighted by Gasteiger charge is -2.56. The number of aliphatic hydroxyl groups excluding tert-OH is 1. The number of likely N-dealkylation sites (tertiary alicyclic amines) is 1. The van der Waals surface area contributed by atoms with Crippen molar-refractivity contribution < 1.29 is 20.1 Å². The lowest BCUT2D eigenvalue weighted by molar-refractivity contribution is -0.0452. The number of piperidine rings is 1. The van der Waals surface area contributed by atoms with Crippen LogP contribution in [-0.4, -0.2) is 52.1 Å². The molecule has 0 amide bonds. The third-order valence-corrected chi connectivity index (χ3v) is 6.46. The Bertz CT molecular complexity index is 762. The number of nitrogens with zero attached hydrogens (tertiary/aromatic N) is 1. The highest BCUT2D eigenvalue weighted by Crippen LogP contribution is 2.65. The monoisotopic (exact) mass is 316 g/mol. The van der Waals surface area contributed by atoms with Crippen molar-refractivity contribution in [2.75, 3.05) is 19.3 Å². The second-order valence-electron chi connectivity index (χ2n) is 7.28. The Balaban J connectivity index is 1.88. The molecule has 0 saturated carbocycles. The first-order valence-electron chi connectivity index (χ1n) is 8.06. The van der Waals surface area contributed by atoms with Gasteiger partial charge >= 0.3 is 0 Å². The van der Waals surface area contributed by atoms with Crippen molar-refractivity contribution in [3.8, 4) is 17.2 Å². The average molecular weight is 316 g/mol. The molecule has 5 rings (SSSR count). The standard InChI is InChI=1S/C17H20N2O4/c1-19-5-4-17-8-2-3-10(20)16(17)23-15-11(17)7(6-9(8)19)12(18)13(21)14(15)22/h2-3,8-10,16,20-22H,4-6,18H2,1H3/t8-,9+,10-,16-,17-/m0/s1. The lowest BCUT2D eigenvalue weighted by atomic mass is 9.53. The Kier molecular flexibility index (Phi) is 2.31. The van der Waals surface area contributed by atoms with E-state index >= 15 is 0 Å². The van der Waals surface area contributed by atoms with Crippen molar-refractivity contribution >= 4 is 5.69 Å². The topological polar surface area (TPSA) is 99.2 Å². The molecule has 1 aromatic rings. The molecule has 6 nitrogen and oxygen atoms in total. The molecule has 2 heterocycles. The summed E-state index contributed by atoms with van der Waals surface area (Å²) < 4.78 is 6.01.